The smallest absolute Gasteiger partial charge is 0.170 e. The molecule has 0 aliphatic carbocycles. The molecular formula is C27H32ClN5OS. The zero-order valence-corrected chi connectivity index (χ0v) is 21.9. The molecule has 0 saturated carbocycles. The van der Waals surface area contributed by atoms with Crippen molar-refractivity contribution >= 4 is 28.9 Å². The number of aryl methyl sites for hydroxylation is 1. The van der Waals surface area contributed by atoms with Crippen molar-refractivity contribution in [2.45, 2.75) is 32.4 Å². The summed E-state index contributed by atoms with van der Waals surface area (Å²) in [4.78, 5) is 9.53. The minimum absolute atomic E-state index is 0.0135. The van der Waals surface area contributed by atoms with Gasteiger partial charge in [-0.25, -0.2) is 0 Å². The first-order valence-corrected chi connectivity index (χ1v) is 13.0. The Hall–Kier alpha value is -2.45. The Labute approximate surface area is 217 Å². The molecule has 0 bridgehead atoms. The normalized spacial score (nSPS) is 20.9. The van der Waals surface area contributed by atoms with E-state index in [1.54, 1.807) is 0 Å². The zero-order chi connectivity index (χ0) is 24.4. The molecular weight excluding hydrogens is 478 g/mol. The second kappa shape index (κ2) is 10.7. The van der Waals surface area contributed by atoms with E-state index in [1.165, 1.54) is 17.0 Å². The van der Waals surface area contributed by atoms with Crippen molar-refractivity contribution in [2.75, 3.05) is 39.4 Å². The lowest BCUT2D eigenvalue weighted by molar-refractivity contribution is 0.0365. The molecule has 1 aromatic carbocycles. The van der Waals surface area contributed by atoms with Crippen molar-refractivity contribution in [3.8, 4) is 5.69 Å². The van der Waals surface area contributed by atoms with Crippen LogP contribution in [0.25, 0.3) is 5.69 Å². The Kier molecular flexibility index (Phi) is 7.39. The molecule has 0 amide bonds. The summed E-state index contributed by atoms with van der Waals surface area (Å²) in [7, 11) is 0. The molecule has 35 heavy (non-hydrogen) atoms. The molecule has 2 saturated heterocycles. The zero-order valence-electron chi connectivity index (χ0n) is 20.3. The number of morpholine rings is 1. The van der Waals surface area contributed by atoms with Crippen molar-refractivity contribution in [2.24, 2.45) is 0 Å². The van der Waals surface area contributed by atoms with Gasteiger partial charge in [-0.3, -0.25) is 9.88 Å². The molecule has 184 valence electrons. The Balaban J connectivity index is 1.47. The van der Waals surface area contributed by atoms with Gasteiger partial charge in [0.05, 0.1) is 31.0 Å². The van der Waals surface area contributed by atoms with Gasteiger partial charge in [0.15, 0.2) is 5.11 Å². The van der Waals surface area contributed by atoms with Gasteiger partial charge in [0.25, 0.3) is 0 Å². The van der Waals surface area contributed by atoms with Crippen molar-refractivity contribution in [3.05, 3.63) is 82.4 Å². The number of pyridine rings is 1. The standard InChI is InChI=1S/C27H32ClN5OS/c1-19-17-23(20(2)33(19)22-8-5-7-21(28)18-22)26-25(24-9-3-4-10-29-24)30-27(35)32(26)12-6-11-31-13-15-34-16-14-31/h3-5,7-10,17-18,25-26H,6,11-16H2,1-2H3,(H,30,35)/t25-,26-/m1/s1. The van der Waals surface area contributed by atoms with Crippen molar-refractivity contribution in [3.63, 3.8) is 0 Å². The highest BCUT2D eigenvalue weighted by atomic mass is 35.5. The van der Waals surface area contributed by atoms with E-state index in [-0.39, 0.29) is 12.1 Å². The minimum Gasteiger partial charge on any atom is -0.379 e. The van der Waals surface area contributed by atoms with Gasteiger partial charge in [-0.15, -0.1) is 0 Å². The topological polar surface area (TPSA) is 45.6 Å². The molecule has 0 radical (unpaired) electrons. The van der Waals surface area contributed by atoms with Crippen LogP contribution in [0.2, 0.25) is 5.02 Å². The van der Waals surface area contributed by atoms with Gasteiger partial charge in [0, 0.05) is 54.5 Å². The van der Waals surface area contributed by atoms with Gasteiger partial charge >= 0.3 is 0 Å². The first-order valence-electron chi connectivity index (χ1n) is 12.3. The number of benzene rings is 1. The number of rotatable bonds is 7. The fourth-order valence-electron chi connectivity index (χ4n) is 5.37. The number of thiocarbonyl (C=S) groups is 1. The Morgan fingerprint density at radius 1 is 1.09 bits per heavy atom. The van der Waals surface area contributed by atoms with Crippen LogP contribution in [0, 0.1) is 13.8 Å². The predicted octanol–water partition coefficient (Wildman–Crippen LogP) is 4.84. The van der Waals surface area contributed by atoms with Crippen LogP contribution in [-0.4, -0.2) is 63.9 Å². The maximum absolute atomic E-state index is 6.33. The van der Waals surface area contributed by atoms with Crippen LogP contribution in [0.4, 0.5) is 0 Å². The molecule has 2 aliphatic rings. The number of nitrogens with zero attached hydrogens (tertiary/aromatic N) is 4. The SMILES string of the molecule is Cc1cc([C@@H]2[C@@H](c3ccccn3)NC(=S)N2CCCN2CCOCC2)c(C)n1-c1cccc(Cl)c1. The third-order valence-corrected chi connectivity index (χ3v) is 7.62. The van der Waals surface area contributed by atoms with Crippen molar-refractivity contribution in [1.82, 2.24) is 24.7 Å². The highest BCUT2D eigenvalue weighted by Gasteiger charge is 2.41. The Morgan fingerprint density at radius 2 is 1.91 bits per heavy atom. The summed E-state index contributed by atoms with van der Waals surface area (Å²) < 4.78 is 7.79. The quantitative estimate of drug-likeness (QED) is 0.460. The molecule has 8 heteroatoms. The third kappa shape index (κ3) is 5.09. The molecule has 5 rings (SSSR count). The summed E-state index contributed by atoms with van der Waals surface area (Å²) >= 11 is 12.2. The fraction of sp³-hybridized carbons (Fsp3) is 0.407. The van der Waals surface area contributed by atoms with E-state index in [9.17, 15) is 0 Å². The molecule has 2 fully saturated rings. The van der Waals surface area contributed by atoms with Crippen LogP contribution in [0.3, 0.4) is 0 Å². The van der Waals surface area contributed by atoms with Crippen molar-refractivity contribution < 1.29 is 4.74 Å². The Bertz CT molecular complexity index is 1180. The van der Waals surface area contributed by atoms with Gasteiger partial charge < -0.3 is 19.5 Å². The summed E-state index contributed by atoms with van der Waals surface area (Å²) in [5, 5.41) is 5.12. The molecule has 2 aliphatic heterocycles. The maximum atomic E-state index is 6.33. The molecule has 4 heterocycles. The van der Waals surface area contributed by atoms with Crippen LogP contribution in [0.1, 0.15) is 41.1 Å². The fourth-order valence-corrected chi connectivity index (χ4v) is 5.89. The van der Waals surface area contributed by atoms with E-state index in [2.05, 4.69) is 51.7 Å². The van der Waals surface area contributed by atoms with Gasteiger partial charge in [-0.1, -0.05) is 23.7 Å². The number of halogens is 1. The van der Waals surface area contributed by atoms with Crippen LogP contribution >= 0.6 is 23.8 Å². The largest absolute Gasteiger partial charge is 0.379 e. The molecule has 2 atom stereocenters. The van der Waals surface area contributed by atoms with Crippen LogP contribution in [-0.2, 0) is 4.74 Å². The van der Waals surface area contributed by atoms with Gasteiger partial charge in [-0.2, -0.15) is 0 Å². The molecule has 2 aromatic heterocycles. The van der Waals surface area contributed by atoms with E-state index in [0.717, 1.165) is 67.3 Å². The lowest BCUT2D eigenvalue weighted by atomic mass is 9.96. The van der Waals surface area contributed by atoms with Crippen LogP contribution < -0.4 is 5.32 Å². The third-order valence-electron chi connectivity index (χ3n) is 7.03. The molecule has 3 aromatic rings. The lowest BCUT2D eigenvalue weighted by Crippen LogP contribution is -2.39. The van der Waals surface area contributed by atoms with Gasteiger partial charge in [-0.05, 0) is 74.4 Å². The number of nitrogens with one attached hydrogen (secondary N) is 1. The average Bonchev–Trinajstić information content (AvgIpc) is 3.35. The first kappa shape index (κ1) is 24.3. The number of hydrogen-bond acceptors (Lipinski definition) is 4. The number of hydrogen-bond donors (Lipinski definition) is 1. The number of aromatic nitrogens is 2. The van der Waals surface area contributed by atoms with E-state index in [4.69, 9.17) is 33.5 Å². The van der Waals surface area contributed by atoms with Gasteiger partial charge in [0.1, 0.15) is 0 Å². The highest BCUT2D eigenvalue weighted by molar-refractivity contribution is 7.80. The van der Waals surface area contributed by atoms with E-state index in [0.29, 0.717) is 0 Å². The maximum Gasteiger partial charge on any atom is 0.170 e. The second-order valence-corrected chi connectivity index (χ2v) is 10.1. The molecule has 1 N–H and O–H groups in total. The minimum atomic E-state index is -0.0135. The van der Waals surface area contributed by atoms with E-state index >= 15 is 0 Å². The molecule has 6 nitrogen and oxygen atoms in total. The van der Waals surface area contributed by atoms with E-state index < -0.39 is 0 Å². The average molecular weight is 510 g/mol. The van der Waals surface area contributed by atoms with Crippen LogP contribution in [0.5, 0.6) is 0 Å². The van der Waals surface area contributed by atoms with E-state index in [1.807, 2.05) is 36.5 Å². The molecule has 0 spiro atoms. The lowest BCUT2D eigenvalue weighted by Gasteiger charge is -2.30. The first-order chi connectivity index (χ1) is 17.0. The van der Waals surface area contributed by atoms with Gasteiger partial charge in [0.2, 0.25) is 0 Å². The Morgan fingerprint density at radius 3 is 2.66 bits per heavy atom. The summed E-state index contributed by atoms with van der Waals surface area (Å²) in [6.45, 7) is 9.92. The number of ether oxygens (including phenoxy) is 1. The monoisotopic (exact) mass is 509 g/mol. The highest BCUT2D eigenvalue weighted by Crippen LogP contribution is 2.41. The van der Waals surface area contributed by atoms with Crippen LogP contribution in [0.15, 0.2) is 54.7 Å². The second-order valence-electron chi connectivity index (χ2n) is 9.27. The summed E-state index contributed by atoms with van der Waals surface area (Å²) in [5.41, 5.74) is 5.70. The summed E-state index contributed by atoms with van der Waals surface area (Å²) in [6.07, 6.45) is 2.90. The summed E-state index contributed by atoms with van der Waals surface area (Å²) in [6, 6.07) is 16.4. The summed E-state index contributed by atoms with van der Waals surface area (Å²) in [5.74, 6) is 0. The molecule has 0 unspecified atom stereocenters. The predicted molar refractivity (Wildman–Crippen MR) is 144 cm³/mol. The van der Waals surface area contributed by atoms with Crippen molar-refractivity contribution in [1.29, 1.82) is 0 Å².